The lowest BCUT2D eigenvalue weighted by atomic mass is 10.2. The van der Waals surface area contributed by atoms with Crippen LogP contribution in [0.25, 0.3) is 0 Å². The van der Waals surface area contributed by atoms with Gasteiger partial charge in [0.05, 0.1) is 0 Å². The van der Waals surface area contributed by atoms with E-state index < -0.39 is 23.6 Å². The summed E-state index contributed by atoms with van der Waals surface area (Å²) in [6, 6.07) is 0. The number of rotatable bonds is 7. The van der Waals surface area contributed by atoms with E-state index in [4.69, 9.17) is 34.1 Å². The Morgan fingerprint density at radius 3 is 1.29 bits per heavy atom. The number of carbonyl (C=O) groups is 4. The lowest BCUT2D eigenvalue weighted by Crippen LogP contribution is -2.31. The van der Waals surface area contributed by atoms with Gasteiger partial charge >= 0.3 is 0 Å². The van der Waals surface area contributed by atoms with Crippen molar-refractivity contribution in [2.45, 2.75) is 51.4 Å². The van der Waals surface area contributed by atoms with E-state index in [9.17, 15) is 19.2 Å². The maximum absolute atomic E-state index is 11.4. The minimum absolute atomic E-state index is 0.140. The molecule has 0 atom stereocenters. The summed E-state index contributed by atoms with van der Waals surface area (Å²) < 4.78 is 0. The summed E-state index contributed by atoms with van der Waals surface area (Å²) in [5.41, 5.74) is 0. The van der Waals surface area contributed by atoms with Crippen molar-refractivity contribution in [2.75, 3.05) is 0 Å². The number of thiocarbonyl (C=S) groups is 2. The van der Waals surface area contributed by atoms with Crippen molar-refractivity contribution in [1.29, 1.82) is 0 Å². The number of nitrogens with zero attached hydrogens (tertiary/aromatic N) is 2. The van der Waals surface area contributed by atoms with Crippen LogP contribution in [0.5, 0.6) is 0 Å². The van der Waals surface area contributed by atoms with Gasteiger partial charge in [0.25, 0.3) is 23.6 Å². The van der Waals surface area contributed by atoms with Crippen molar-refractivity contribution in [3.05, 3.63) is 0 Å². The zero-order valence-electron chi connectivity index (χ0n) is 12.8. The predicted octanol–water partition coefficient (Wildman–Crippen LogP) is 1.36. The van der Waals surface area contributed by atoms with E-state index in [0.29, 0.717) is 35.8 Å². The van der Waals surface area contributed by atoms with Crippen molar-refractivity contribution in [3.63, 3.8) is 0 Å². The van der Waals surface area contributed by atoms with Gasteiger partial charge in [0.15, 0.2) is 10.1 Å². The third-order valence-corrected chi connectivity index (χ3v) is 3.97. The summed E-state index contributed by atoms with van der Waals surface area (Å²) in [6.45, 7) is 0. The molecule has 0 aromatic heterocycles. The van der Waals surface area contributed by atoms with Gasteiger partial charge in [-0.2, -0.15) is 0 Å². The van der Waals surface area contributed by atoms with Crippen LogP contribution in [-0.4, -0.2) is 43.9 Å². The second-order valence-electron chi connectivity index (χ2n) is 5.30. The molecule has 2 heterocycles. The Kier molecular flexibility index (Phi) is 6.32. The second-order valence-corrected chi connectivity index (χ2v) is 6.21. The van der Waals surface area contributed by atoms with Gasteiger partial charge in [0, 0.05) is 38.5 Å². The zero-order valence-corrected chi connectivity index (χ0v) is 14.5. The number of imide groups is 2. The van der Waals surface area contributed by atoms with Gasteiger partial charge in [-0.25, -0.2) is 0 Å². The highest BCUT2D eigenvalue weighted by molar-refractivity contribution is 7.80. The fraction of sp³-hybridized carbons (Fsp3) is 0.571. The molecular weight excluding hydrogens is 356 g/mol. The third kappa shape index (κ3) is 4.78. The largest absolute Gasteiger partial charge is 0.362 e. The van der Waals surface area contributed by atoms with Gasteiger partial charge < -0.3 is 9.68 Å². The minimum Gasteiger partial charge on any atom is -0.362 e. The average Bonchev–Trinajstić information content (AvgIpc) is 3.01. The van der Waals surface area contributed by atoms with Gasteiger partial charge in [0.2, 0.25) is 0 Å². The number of carbonyl (C=O) groups excluding carboxylic acids is 4. The SMILES string of the molecule is O=C1CCC(=O)N1OC(=S)CCCCC(=S)ON1C(=O)CCC1=O. The van der Waals surface area contributed by atoms with Gasteiger partial charge in [0.1, 0.15) is 0 Å². The number of hydrogen-bond donors (Lipinski definition) is 0. The van der Waals surface area contributed by atoms with Crippen LogP contribution in [0.1, 0.15) is 51.4 Å². The van der Waals surface area contributed by atoms with Crippen LogP contribution in [0.4, 0.5) is 0 Å². The van der Waals surface area contributed by atoms with E-state index in [0.717, 1.165) is 0 Å². The molecule has 0 aliphatic carbocycles. The lowest BCUT2D eigenvalue weighted by Gasteiger charge is -2.15. The molecule has 0 N–H and O–H groups in total. The number of amides is 4. The second kappa shape index (κ2) is 8.25. The molecule has 2 fully saturated rings. The molecule has 24 heavy (non-hydrogen) atoms. The predicted molar refractivity (Wildman–Crippen MR) is 88.0 cm³/mol. The molecule has 0 radical (unpaired) electrons. The molecule has 2 aliphatic rings. The van der Waals surface area contributed by atoms with Gasteiger partial charge in [-0.1, -0.05) is 0 Å². The molecule has 2 rings (SSSR count). The van der Waals surface area contributed by atoms with E-state index in [-0.39, 0.29) is 35.8 Å². The van der Waals surface area contributed by atoms with Gasteiger partial charge in [-0.15, -0.1) is 10.1 Å². The van der Waals surface area contributed by atoms with Crippen molar-refractivity contribution in [1.82, 2.24) is 10.1 Å². The number of hydroxylamine groups is 4. The summed E-state index contributed by atoms with van der Waals surface area (Å²) >= 11 is 9.98. The van der Waals surface area contributed by atoms with Crippen LogP contribution in [0.2, 0.25) is 0 Å². The summed E-state index contributed by atoms with van der Waals surface area (Å²) in [7, 11) is 0. The summed E-state index contributed by atoms with van der Waals surface area (Å²) in [5.74, 6) is -1.57. The highest BCUT2D eigenvalue weighted by Crippen LogP contribution is 2.16. The fourth-order valence-corrected chi connectivity index (χ4v) is 2.59. The first kappa shape index (κ1) is 18.4. The minimum atomic E-state index is -0.392. The summed E-state index contributed by atoms with van der Waals surface area (Å²) in [5, 5.41) is 1.71. The van der Waals surface area contributed by atoms with Crippen LogP contribution in [0.15, 0.2) is 0 Å². The molecule has 2 saturated heterocycles. The molecule has 0 aromatic carbocycles. The molecule has 130 valence electrons. The van der Waals surface area contributed by atoms with E-state index in [2.05, 4.69) is 0 Å². The molecule has 0 saturated carbocycles. The standard InChI is InChI=1S/C14H16N2O6S2/c17-9-5-6-10(18)15(9)21-13(23)3-1-2-4-14(24)22-16-11(19)7-8-12(16)20/h1-8H2. The monoisotopic (exact) mass is 372 g/mol. The first-order chi connectivity index (χ1) is 11.4. The summed E-state index contributed by atoms with van der Waals surface area (Å²) in [6.07, 6.45) is 2.50. The lowest BCUT2D eigenvalue weighted by molar-refractivity contribution is -0.168. The average molecular weight is 372 g/mol. The Hall–Kier alpha value is -1.94. The van der Waals surface area contributed by atoms with E-state index in [1.807, 2.05) is 0 Å². The van der Waals surface area contributed by atoms with Crippen molar-refractivity contribution < 1.29 is 28.9 Å². The van der Waals surface area contributed by atoms with Crippen LogP contribution in [0, 0.1) is 0 Å². The summed E-state index contributed by atoms with van der Waals surface area (Å²) in [4.78, 5) is 55.7. The zero-order chi connectivity index (χ0) is 17.7. The molecule has 8 nitrogen and oxygen atoms in total. The smallest absolute Gasteiger partial charge is 0.263 e. The normalized spacial score (nSPS) is 17.7. The van der Waals surface area contributed by atoms with Gasteiger partial charge in [-0.3, -0.25) is 19.2 Å². The molecule has 2 aliphatic heterocycles. The third-order valence-electron chi connectivity index (χ3n) is 3.41. The maximum atomic E-state index is 11.4. The molecule has 10 heteroatoms. The maximum Gasteiger partial charge on any atom is 0.263 e. The molecule has 0 aromatic rings. The van der Waals surface area contributed by atoms with E-state index in [1.165, 1.54) is 0 Å². The fourth-order valence-electron chi connectivity index (χ4n) is 2.15. The number of hydrogen-bond acceptors (Lipinski definition) is 8. The van der Waals surface area contributed by atoms with Crippen molar-refractivity contribution in [2.24, 2.45) is 0 Å². The van der Waals surface area contributed by atoms with Crippen molar-refractivity contribution in [3.8, 4) is 0 Å². The highest BCUT2D eigenvalue weighted by atomic mass is 32.1. The first-order valence-electron chi connectivity index (χ1n) is 7.51. The topological polar surface area (TPSA) is 93.2 Å². The Labute approximate surface area is 148 Å². The first-order valence-corrected chi connectivity index (χ1v) is 8.33. The number of unbranched alkanes of at least 4 members (excludes halogenated alkanes) is 1. The van der Waals surface area contributed by atoms with E-state index in [1.54, 1.807) is 0 Å². The van der Waals surface area contributed by atoms with E-state index >= 15 is 0 Å². The highest BCUT2D eigenvalue weighted by Gasteiger charge is 2.32. The quantitative estimate of drug-likeness (QED) is 0.376. The Balaban J connectivity index is 1.62. The molecule has 0 spiro atoms. The Morgan fingerprint density at radius 2 is 1.00 bits per heavy atom. The molecule has 0 bridgehead atoms. The molecule has 0 unspecified atom stereocenters. The Morgan fingerprint density at radius 1 is 0.708 bits per heavy atom. The molecule has 4 amide bonds. The van der Waals surface area contributed by atoms with Crippen molar-refractivity contribution >= 4 is 58.2 Å². The van der Waals surface area contributed by atoms with Crippen LogP contribution < -0.4 is 0 Å². The van der Waals surface area contributed by atoms with Crippen LogP contribution in [-0.2, 0) is 28.9 Å². The Bertz CT molecular complexity index is 522. The molecular formula is C14H16N2O6S2. The van der Waals surface area contributed by atoms with Crippen LogP contribution >= 0.6 is 24.4 Å². The van der Waals surface area contributed by atoms with Gasteiger partial charge in [-0.05, 0) is 37.3 Å². The van der Waals surface area contributed by atoms with Crippen LogP contribution in [0.3, 0.4) is 0 Å².